The van der Waals surface area contributed by atoms with Crippen molar-refractivity contribution in [3.63, 3.8) is 0 Å². The molecule has 0 aromatic carbocycles. The zero-order valence-electron chi connectivity index (χ0n) is 7.32. The molecule has 0 saturated carbocycles. The van der Waals surface area contributed by atoms with Crippen molar-refractivity contribution in [3.8, 4) is 0 Å². The third-order valence-electron chi connectivity index (χ3n) is 0.479. The van der Waals surface area contributed by atoms with E-state index < -0.39 is 13.3 Å². The molecule has 0 aliphatic carbocycles. The Labute approximate surface area is 94.1 Å². The molecular formula is C4H14O4P2S3. The summed E-state index contributed by atoms with van der Waals surface area (Å²) in [5.74, 6) is 1.09. The van der Waals surface area contributed by atoms with Crippen LogP contribution in [0.2, 0.25) is 0 Å². The molecule has 0 aromatic heterocycles. The Kier molecular flexibility index (Phi) is 13.3. The van der Waals surface area contributed by atoms with Crippen LogP contribution in [-0.4, -0.2) is 27.0 Å². The number of rotatable bonds is 4. The summed E-state index contributed by atoms with van der Waals surface area (Å²) in [7, 11) is 0. The van der Waals surface area contributed by atoms with Crippen LogP contribution in [0.5, 0.6) is 0 Å². The summed E-state index contributed by atoms with van der Waals surface area (Å²) in [5, 5.41) is 0. The average molecular weight is 284 g/mol. The lowest BCUT2D eigenvalue weighted by Gasteiger charge is -2.05. The molecular weight excluding hydrogens is 270 g/mol. The number of thiol groups is 1. The van der Waals surface area contributed by atoms with Gasteiger partial charge in [-0.05, 0) is 24.5 Å². The third-order valence-corrected chi connectivity index (χ3v) is 4.58. The predicted octanol–water partition coefficient (Wildman–Crippen LogP) is 2.12. The van der Waals surface area contributed by atoms with Gasteiger partial charge in [-0.3, -0.25) is 0 Å². The maximum Gasteiger partial charge on any atom is 0.319 e. The molecule has 0 spiro atoms. The highest BCUT2D eigenvalue weighted by Gasteiger charge is 1.97. The minimum absolute atomic E-state index is 0.470. The van der Waals surface area contributed by atoms with Crippen LogP contribution in [0.3, 0.4) is 0 Å². The Balaban J connectivity index is 0. The highest BCUT2D eigenvalue weighted by atomic mass is 33.1. The molecule has 0 fully saturated rings. The van der Waals surface area contributed by atoms with Gasteiger partial charge < -0.3 is 19.2 Å². The summed E-state index contributed by atoms with van der Waals surface area (Å²) in [5.41, 5.74) is 0. The molecule has 3 N–H and O–H groups in total. The first-order chi connectivity index (χ1) is 5.81. The van der Waals surface area contributed by atoms with Crippen molar-refractivity contribution >= 4 is 48.7 Å². The van der Waals surface area contributed by atoms with E-state index in [9.17, 15) is 0 Å². The quantitative estimate of drug-likeness (QED) is 0.468. The Morgan fingerprint density at radius 2 is 1.85 bits per heavy atom. The van der Waals surface area contributed by atoms with Crippen molar-refractivity contribution in [3.05, 3.63) is 0 Å². The van der Waals surface area contributed by atoms with E-state index in [-0.39, 0.29) is 0 Å². The van der Waals surface area contributed by atoms with Gasteiger partial charge in [-0.25, -0.2) is 0 Å². The van der Waals surface area contributed by atoms with Crippen LogP contribution in [0, 0.1) is 0 Å². The van der Waals surface area contributed by atoms with Crippen molar-refractivity contribution in [1.29, 1.82) is 0 Å². The SMILES string of the molecule is CCOP(S)SCC.OP(O)(O)=S. The molecule has 1 unspecified atom stereocenters. The maximum absolute atomic E-state index is 7.56. The first-order valence-corrected chi connectivity index (χ1v) is 10.0. The third kappa shape index (κ3) is 31.7. The molecule has 4 nitrogen and oxygen atoms in total. The number of hydrogen-bond acceptors (Lipinski definition) is 4. The zero-order chi connectivity index (χ0) is 10.9. The van der Waals surface area contributed by atoms with E-state index in [2.05, 4.69) is 31.0 Å². The van der Waals surface area contributed by atoms with Gasteiger partial charge in [-0.15, -0.1) is 12.2 Å². The van der Waals surface area contributed by atoms with Gasteiger partial charge in [-0.1, -0.05) is 18.3 Å². The molecule has 0 bridgehead atoms. The Hall–Kier alpha value is 1.62. The molecule has 0 heterocycles. The highest BCUT2D eigenvalue weighted by Crippen LogP contribution is 2.54. The lowest BCUT2D eigenvalue weighted by molar-refractivity contribution is 0.363. The zero-order valence-corrected chi connectivity index (χ0v) is 11.6. The fourth-order valence-electron chi connectivity index (χ4n) is 0.258. The summed E-state index contributed by atoms with van der Waals surface area (Å²) in [4.78, 5) is 22.7. The summed E-state index contributed by atoms with van der Waals surface area (Å²) in [6, 6.07) is 0. The van der Waals surface area contributed by atoms with Crippen molar-refractivity contribution < 1.29 is 19.2 Å². The smallest absolute Gasteiger partial charge is 0.319 e. The lowest BCUT2D eigenvalue weighted by atomic mass is 10.9. The fourth-order valence-corrected chi connectivity index (χ4v) is 3.36. The summed E-state index contributed by atoms with van der Waals surface area (Å²) in [6.07, 6.45) is 0. The van der Waals surface area contributed by atoms with Crippen LogP contribution >= 0.6 is 36.9 Å². The van der Waals surface area contributed by atoms with E-state index in [1.54, 1.807) is 11.4 Å². The van der Waals surface area contributed by atoms with Crippen molar-refractivity contribution in [2.75, 3.05) is 12.4 Å². The van der Waals surface area contributed by atoms with E-state index in [0.29, 0.717) is 0 Å². The van der Waals surface area contributed by atoms with Gasteiger partial charge in [-0.2, -0.15) is 0 Å². The Bertz CT molecular complexity index is 138. The molecule has 0 rings (SSSR count). The van der Waals surface area contributed by atoms with Gasteiger partial charge in [0, 0.05) is 0 Å². The van der Waals surface area contributed by atoms with Crippen LogP contribution in [0.15, 0.2) is 0 Å². The minimum atomic E-state index is -3.81. The summed E-state index contributed by atoms with van der Waals surface area (Å²) in [6.45, 7) is 0.599. The second-order valence-corrected chi connectivity index (χ2v) is 9.32. The molecule has 0 radical (unpaired) electrons. The van der Waals surface area contributed by atoms with Crippen molar-refractivity contribution in [1.82, 2.24) is 0 Å². The van der Waals surface area contributed by atoms with E-state index in [1.165, 1.54) is 0 Å². The van der Waals surface area contributed by atoms with Crippen LogP contribution in [0.1, 0.15) is 13.8 Å². The van der Waals surface area contributed by atoms with Crippen LogP contribution < -0.4 is 0 Å². The lowest BCUT2D eigenvalue weighted by Crippen LogP contribution is -1.74. The van der Waals surface area contributed by atoms with E-state index in [1.807, 2.05) is 6.92 Å². The maximum atomic E-state index is 7.56. The molecule has 82 valence electrons. The minimum Gasteiger partial charge on any atom is -0.339 e. The van der Waals surface area contributed by atoms with Gasteiger partial charge >= 0.3 is 6.72 Å². The molecule has 0 amide bonds. The summed E-state index contributed by atoms with van der Waals surface area (Å²) >= 11 is 9.56. The largest absolute Gasteiger partial charge is 0.339 e. The monoisotopic (exact) mass is 284 g/mol. The fraction of sp³-hybridized carbons (Fsp3) is 1.00. The van der Waals surface area contributed by atoms with Gasteiger partial charge in [0.05, 0.1) is 6.61 Å². The van der Waals surface area contributed by atoms with Gasteiger partial charge in [0.15, 0.2) is 0 Å². The van der Waals surface area contributed by atoms with Crippen LogP contribution in [0.4, 0.5) is 0 Å². The van der Waals surface area contributed by atoms with E-state index in [0.717, 1.165) is 12.4 Å². The van der Waals surface area contributed by atoms with E-state index >= 15 is 0 Å². The summed E-state index contributed by atoms with van der Waals surface area (Å²) < 4.78 is 5.17. The number of hydrogen-bond donors (Lipinski definition) is 4. The highest BCUT2D eigenvalue weighted by molar-refractivity contribution is 8.82. The van der Waals surface area contributed by atoms with Gasteiger partial charge in [0.25, 0.3) is 0 Å². The molecule has 9 heteroatoms. The van der Waals surface area contributed by atoms with E-state index in [4.69, 9.17) is 19.2 Å². The average Bonchev–Trinajstić information content (AvgIpc) is 1.84. The molecule has 0 aliphatic rings. The second-order valence-electron chi connectivity index (χ2n) is 1.59. The Morgan fingerprint density at radius 1 is 1.46 bits per heavy atom. The van der Waals surface area contributed by atoms with Crippen LogP contribution in [-0.2, 0) is 16.3 Å². The Morgan fingerprint density at radius 3 is 2.08 bits per heavy atom. The van der Waals surface area contributed by atoms with Gasteiger partial charge in [0.1, 0.15) is 6.55 Å². The first kappa shape index (κ1) is 17.0. The predicted molar refractivity (Wildman–Crippen MR) is 66.6 cm³/mol. The van der Waals surface area contributed by atoms with Crippen LogP contribution in [0.25, 0.3) is 0 Å². The molecule has 13 heavy (non-hydrogen) atoms. The topological polar surface area (TPSA) is 69.9 Å². The molecule has 0 aliphatic heterocycles. The normalized spacial score (nSPS) is 13.1. The molecule has 0 saturated heterocycles. The molecule has 1 atom stereocenters. The molecule has 0 aromatic rings. The van der Waals surface area contributed by atoms with Crippen molar-refractivity contribution in [2.45, 2.75) is 13.8 Å². The van der Waals surface area contributed by atoms with Gasteiger partial charge in [0.2, 0.25) is 0 Å². The first-order valence-electron chi connectivity index (χ1n) is 3.34. The second kappa shape index (κ2) is 10.1. The standard InChI is InChI=1S/C4H11OPS2.H3O3PS/c1-3-5-6(7)8-4-2;1-4(2,3)5/h7H,3-4H2,1-2H3;(H3,1,2,3,5). The van der Waals surface area contributed by atoms with Crippen molar-refractivity contribution in [2.24, 2.45) is 0 Å².